The Bertz CT molecular complexity index is 765. The maximum absolute atomic E-state index is 12.0. The number of hydrogen-bond acceptors (Lipinski definition) is 4. The highest BCUT2D eigenvalue weighted by molar-refractivity contribution is 6.03. The van der Waals surface area contributed by atoms with Gasteiger partial charge in [0.1, 0.15) is 0 Å². The number of unbranched alkanes of at least 4 members (excludes halogenated alkanes) is 5. The Labute approximate surface area is 166 Å². The van der Waals surface area contributed by atoms with Crippen LogP contribution in [0.15, 0.2) is 52.2 Å². The third-order valence-electron chi connectivity index (χ3n) is 4.41. The summed E-state index contributed by atoms with van der Waals surface area (Å²) in [5, 5.41) is 6.93. The van der Waals surface area contributed by atoms with E-state index >= 15 is 0 Å². The predicted molar refractivity (Wildman–Crippen MR) is 111 cm³/mol. The van der Waals surface area contributed by atoms with Crippen LogP contribution in [0.25, 0.3) is 0 Å². The van der Waals surface area contributed by atoms with Crippen molar-refractivity contribution >= 4 is 23.2 Å². The van der Waals surface area contributed by atoms with Gasteiger partial charge in [0.15, 0.2) is 5.76 Å². The van der Waals surface area contributed by atoms with Crippen molar-refractivity contribution in [3.8, 4) is 0 Å². The lowest BCUT2D eigenvalue weighted by Crippen LogP contribution is -2.18. The van der Waals surface area contributed by atoms with Crippen LogP contribution >= 0.6 is 0 Å². The molecular formula is C22H29N3O3. The van der Waals surface area contributed by atoms with Gasteiger partial charge in [0.2, 0.25) is 5.91 Å². The van der Waals surface area contributed by atoms with Crippen molar-refractivity contribution in [2.24, 2.45) is 5.10 Å². The molecule has 0 bridgehead atoms. The van der Waals surface area contributed by atoms with Gasteiger partial charge in [-0.3, -0.25) is 9.59 Å². The fraction of sp³-hybridized carbons (Fsp3) is 0.409. The molecule has 0 atom stereocenters. The number of benzene rings is 1. The van der Waals surface area contributed by atoms with E-state index in [1.54, 1.807) is 24.3 Å². The molecule has 2 amide bonds. The lowest BCUT2D eigenvalue weighted by Gasteiger charge is -2.06. The topological polar surface area (TPSA) is 83.7 Å². The van der Waals surface area contributed by atoms with E-state index in [1.165, 1.54) is 31.9 Å². The Kier molecular flexibility index (Phi) is 8.98. The van der Waals surface area contributed by atoms with Gasteiger partial charge in [0.25, 0.3) is 5.91 Å². The van der Waals surface area contributed by atoms with Crippen LogP contribution in [0.1, 0.15) is 74.9 Å². The molecule has 6 nitrogen and oxygen atoms in total. The highest BCUT2D eigenvalue weighted by Gasteiger charge is 2.08. The number of amides is 2. The van der Waals surface area contributed by atoms with Crippen molar-refractivity contribution in [2.75, 3.05) is 5.32 Å². The molecule has 0 saturated heterocycles. The predicted octanol–water partition coefficient (Wildman–Crippen LogP) is 5.12. The van der Waals surface area contributed by atoms with Crippen molar-refractivity contribution < 1.29 is 14.0 Å². The van der Waals surface area contributed by atoms with Gasteiger partial charge >= 0.3 is 0 Å². The third kappa shape index (κ3) is 7.39. The van der Waals surface area contributed by atoms with Crippen LogP contribution in [-0.4, -0.2) is 17.5 Å². The summed E-state index contributed by atoms with van der Waals surface area (Å²) < 4.78 is 5.06. The Morgan fingerprint density at radius 3 is 2.39 bits per heavy atom. The summed E-state index contributed by atoms with van der Waals surface area (Å²) in [7, 11) is 0. The first-order chi connectivity index (χ1) is 13.6. The molecule has 6 heteroatoms. The minimum absolute atomic E-state index is 0.0582. The molecule has 1 heterocycles. The number of anilines is 1. The number of nitrogens with one attached hydrogen (secondary N) is 2. The minimum atomic E-state index is -0.301. The zero-order valence-electron chi connectivity index (χ0n) is 16.7. The molecule has 0 unspecified atom stereocenters. The Balaban J connectivity index is 1.76. The quantitative estimate of drug-likeness (QED) is 0.321. The summed E-state index contributed by atoms with van der Waals surface area (Å²) in [4.78, 5) is 23.8. The molecule has 0 fully saturated rings. The molecule has 2 rings (SSSR count). The van der Waals surface area contributed by atoms with E-state index in [1.807, 2.05) is 19.1 Å². The molecule has 28 heavy (non-hydrogen) atoms. The second-order valence-corrected chi connectivity index (χ2v) is 6.76. The molecule has 2 N–H and O–H groups in total. The second kappa shape index (κ2) is 11.7. The van der Waals surface area contributed by atoms with Crippen LogP contribution in [0.4, 0.5) is 5.69 Å². The van der Waals surface area contributed by atoms with Crippen LogP contribution < -0.4 is 10.7 Å². The van der Waals surface area contributed by atoms with Gasteiger partial charge in [-0.25, -0.2) is 5.43 Å². The molecule has 1 aromatic carbocycles. The fourth-order valence-corrected chi connectivity index (χ4v) is 2.73. The lowest BCUT2D eigenvalue weighted by molar-refractivity contribution is -0.121. The molecule has 0 saturated carbocycles. The zero-order chi connectivity index (χ0) is 20.2. The normalized spacial score (nSPS) is 11.3. The van der Waals surface area contributed by atoms with E-state index in [0.29, 0.717) is 17.8 Å². The molecular weight excluding hydrogens is 354 g/mol. The van der Waals surface area contributed by atoms with E-state index in [0.717, 1.165) is 18.4 Å². The number of nitrogens with zero attached hydrogens (tertiary/aromatic N) is 1. The maximum Gasteiger partial charge on any atom is 0.291 e. The van der Waals surface area contributed by atoms with Crippen molar-refractivity contribution in [1.82, 2.24) is 5.43 Å². The summed E-state index contributed by atoms with van der Waals surface area (Å²) >= 11 is 0. The molecule has 0 radical (unpaired) electrons. The Morgan fingerprint density at radius 2 is 1.71 bits per heavy atom. The van der Waals surface area contributed by atoms with Gasteiger partial charge in [0, 0.05) is 12.1 Å². The van der Waals surface area contributed by atoms with Crippen LogP contribution in [0.2, 0.25) is 0 Å². The van der Waals surface area contributed by atoms with Crippen LogP contribution in [0.3, 0.4) is 0 Å². The van der Waals surface area contributed by atoms with Gasteiger partial charge in [-0.1, -0.05) is 51.2 Å². The van der Waals surface area contributed by atoms with E-state index in [9.17, 15) is 9.59 Å². The molecule has 0 aliphatic heterocycles. The molecule has 0 spiro atoms. The number of hydrazone groups is 1. The standard InChI is InChI=1S/C22H29N3O3/c1-3-4-5-6-7-8-11-21(26)25-24-17(2)18-12-14-19(15-13-18)23-22(27)20-10-9-16-28-20/h9-10,12-16H,3-8,11H2,1-2H3,(H,23,27)(H,25,26). The first-order valence-corrected chi connectivity index (χ1v) is 9.88. The monoisotopic (exact) mass is 383 g/mol. The third-order valence-corrected chi connectivity index (χ3v) is 4.41. The molecule has 2 aromatic rings. The summed E-state index contributed by atoms with van der Waals surface area (Å²) in [6, 6.07) is 10.5. The number of carbonyl (C=O) groups excluding carboxylic acids is 2. The zero-order valence-corrected chi connectivity index (χ0v) is 16.7. The van der Waals surface area contributed by atoms with Gasteiger partial charge < -0.3 is 9.73 Å². The second-order valence-electron chi connectivity index (χ2n) is 6.76. The number of furan rings is 1. The highest BCUT2D eigenvalue weighted by Crippen LogP contribution is 2.12. The van der Waals surface area contributed by atoms with Crippen LogP contribution in [-0.2, 0) is 4.79 Å². The molecule has 150 valence electrons. The van der Waals surface area contributed by atoms with Crippen molar-refractivity contribution in [3.63, 3.8) is 0 Å². The van der Waals surface area contributed by atoms with Gasteiger partial charge in [-0.05, 0) is 43.2 Å². The first-order valence-electron chi connectivity index (χ1n) is 9.88. The van der Waals surface area contributed by atoms with E-state index in [4.69, 9.17) is 4.42 Å². The van der Waals surface area contributed by atoms with E-state index in [2.05, 4.69) is 22.8 Å². The van der Waals surface area contributed by atoms with Crippen molar-refractivity contribution in [1.29, 1.82) is 0 Å². The summed E-state index contributed by atoms with van der Waals surface area (Å²) in [6.07, 6.45) is 8.86. The first kappa shape index (κ1) is 21.4. The van der Waals surface area contributed by atoms with Gasteiger partial charge in [-0.2, -0.15) is 5.10 Å². The maximum atomic E-state index is 12.0. The van der Waals surface area contributed by atoms with Gasteiger partial charge in [-0.15, -0.1) is 0 Å². The van der Waals surface area contributed by atoms with Crippen molar-refractivity contribution in [3.05, 3.63) is 54.0 Å². The molecule has 0 aliphatic rings. The number of rotatable bonds is 11. The average molecular weight is 383 g/mol. The fourth-order valence-electron chi connectivity index (χ4n) is 2.73. The summed E-state index contributed by atoms with van der Waals surface area (Å²) in [5.41, 5.74) is 4.85. The number of hydrogen-bond donors (Lipinski definition) is 2. The average Bonchev–Trinajstić information content (AvgIpc) is 3.24. The molecule has 1 aromatic heterocycles. The van der Waals surface area contributed by atoms with Crippen LogP contribution in [0, 0.1) is 0 Å². The smallest absolute Gasteiger partial charge is 0.291 e. The number of carbonyl (C=O) groups is 2. The lowest BCUT2D eigenvalue weighted by atomic mass is 10.1. The largest absolute Gasteiger partial charge is 0.459 e. The minimum Gasteiger partial charge on any atom is -0.459 e. The van der Waals surface area contributed by atoms with E-state index < -0.39 is 0 Å². The summed E-state index contributed by atoms with van der Waals surface area (Å²) in [6.45, 7) is 4.03. The van der Waals surface area contributed by atoms with Crippen LogP contribution in [0.5, 0.6) is 0 Å². The Morgan fingerprint density at radius 1 is 1.00 bits per heavy atom. The van der Waals surface area contributed by atoms with E-state index in [-0.39, 0.29) is 17.6 Å². The highest BCUT2D eigenvalue weighted by atomic mass is 16.3. The SMILES string of the molecule is CCCCCCCCC(=O)NN=C(C)c1ccc(NC(=O)c2ccco2)cc1. The van der Waals surface area contributed by atoms with Gasteiger partial charge in [0.05, 0.1) is 12.0 Å². The van der Waals surface area contributed by atoms with Crippen molar-refractivity contribution in [2.45, 2.75) is 58.8 Å². The summed E-state index contributed by atoms with van der Waals surface area (Å²) in [5.74, 6) is -0.0998. The Hall–Kier alpha value is -2.89. The molecule has 0 aliphatic carbocycles.